The highest BCUT2D eigenvalue weighted by molar-refractivity contribution is 6.31. The fraction of sp³-hybridized carbons (Fsp3) is 0.812. The van der Waals surface area contributed by atoms with Gasteiger partial charge in [-0.2, -0.15) is 5.10 Å². The molecule has 1 spiro atoms. The first-order valence-electron chi connectivity index (χ1n) is 7.92. The Hall–Kier alpha value is -0.540. The molecular formula is C16H25ClN2O. The van der Waals surface area contributed by atoms with Gasteiger partial charge in [0.15, 0.2) is 0 Å². The van der Waals surface area contributed by atoms with Crippen molar-refractivity contribution in [1.29, 1.82) is 0 Å². The van der Waals surface area contributed by atoms with Crippen molar-refractivity contribution in [3.63, 3.8) is 0 Å². The van der Waals surface area contributed by atoms with Gasteiger partial charge >= 0.3 is 0 Å². The van der Waals surface area contributed by atoms with Gasteiger partial charge in [0.25, 0.3) is 0 Å². The maximum absolute atomic E-state index is 11.1. The molecule has 1 heterocycles. The highest BCUT2D eigenvalue weighted by atomic mass is 35.5. The summed E-state index contributed by atoms with van der Waals surface area (Å²) in [5.41, 5.74) is 0.564. The van der Waals surface area contributed by atoms with Crippen LogP contribution in [0.1, 0.15) is 76.9 Å². The van der Waals surface area contributed by atoms with E-state index in [-0.39, 0.29) is 6.04 Å². The van der Waals surface area contributed by atoms with E-state index in [9.17, 15) is 5.11 Å². The number of aromatic nitrogens is 2. The molecule has 2 aliphatic carbocycles. The minimum atomic E-state index is -0.786. The molecule has 0 amide bonds. The monoisotopic (exact) mass is 296 g/mol. The highest BCUT2D eigenvalue weighted by Gasteiger charge is 2.46. The Kier molecular flexibility index (Phi) is 3.62. The lowest BCUT2D eigenvalue weighted by Gasteiger charge is -2.42. The van der Waals surface area contributed by atoms with E-state index in [1.54, 1.807) is 6.20 Å². The Balaban J connectivity index is 1.85. The summed E-state index contributed by atoms with van der Waals surface area (Å²) < 4.78 is 1.90. The molecule has 4 heteroatoms. The molecule has 0 bridgehead atoms. The molecular weight excluding hydrogens is 272 g/mol. The van der Waals surface area contributed by atoms with Crippen molar-refractivity contribution in [3.8, 4) is 0 Å². The summed E-state index contributed by atoms with van der Waals surface area (Å²) in [4.78, 5) is 0. The molecule has 1 N–H and O–H groups in total. The van der Waals surface area contributed by atoms with E-state index < -0.39 is 5.60 Å². The van der Waals surface area contributed by atoms with Crippen molar-refractivity contribution in [2.75, 3.05) is 0 Å². The molecule has 20 heavy (non-hydrogen) atoms. The summed E-state index contributed by atoms with van der Waals surface area (Å²) in [5, 5.41) is 16.1. The van der Waals surface area contributed by atoms with Crippen molar-refractivity contribution in [2.45, 2.75) is 76.9 Å². The van der Waals surface area contributed by atoms with Crippen LogP contribution in [-0.4, -0.2) is 14.9 Å². The first-order valence-corrected chi connectivity index (χ1v) is 8.30. The Morgan fingerprint density at radius 3 is 2.30 bits per heavy atom. The SMILES string of the molecule is CC(C)n1ncc(Cl)c1C1(O)CCC2(CCCC2)CC1. The van der Waals surface area contributed by atoms with Crippen LogP contribution < -0.4 is 0 Å². The maximum atomic E-state index is 11.1. The van der Waals surface area contributed by atoms with Crippen LogP contribution in [0.5, 0.6) is 0 Å². The lowest BCUT2D eigenvalue weighted by molar-refractivity contribution is -0.0446. The zero-order valence-corrected chi connectivity index (χ0v) is 13.3. The Bertz CT molecular complexity index is 479. The minimum absolute atomic E-state index is 0.226. The van der Waals surface area contributed by atoms with Gasteiger partial charge in [0.2, 0.25) is 0 Å². The predicted octanol–water partition coefficient (Wildman–Crippen LogP) is 4.44. The van der Waals surface area contributed by atoms with Gasteiger partial charge in [-0.3, -0.25) is 4.68 Å². The molecule has 0 unspecified atom stereocenters. The average molecular weight is 297 g/mol. The fourth-order valence-electron chi connectivity index (χ4n) is 4.22. The van der Waals surface area contributed by atoms with Crippen LogP contribution in [0.15, 0.2) is 6.20 Å². The number of hydrogen-bond acceptors (Lipinski definition) is 2. The quantitative estimate of drug-likeness (QED) is 0.876. The van der Waals surface area contributed by atoms with E-state index in [0.717, 1.165) is 31.4 Å². The zero-order chi connectivity index (χ0) is 14.4. The first-order chi connectivity index (χ1) is 9.46. The third-order valence-corrected chi connectivity index (χ3v) is 5.76. The summed E-state index contributed by atoms with van der Waals surface area (Å²) in [6, 6.07) is 0.226. The highest BCUT2D eigenvalue weighted by Crippen LogP contribution is 2.54. The average Bonchev–Trinajstić information content (AvgIpc) is 3.01. The second-order valence-electron chi connectivity index (χ2n) is 7.12. The van der Waals surface area contributed by atoms with Gasteiger partial charge in [0.05, 0.1) is 16.9 Å². The predicted molar refractivity (Wildman–Crippen MR) is 80.9 cm³/mol. The van der Waals surface area contributed by atoms with E-state index >= 15 is 0 Å². The number of halogens is 1. The van der Waals surface area contributed by atoms with Crippen LogP contribution >= 0.6 is 11.6 Å². The Morgan fingerprint density at radius 2 is 1.75 bits per heavy atom. The van der Waals surface area contributed by atoms with E-state index in [2.05, 4.69) is 18.9 Å². The van der Waals surface area contributed by atoms with Crippen molar-refractivity contribution >= 4 is 11.6 Å². The van der Waals surface area contributed by atoms with Crippen LogP contribution in [0.4, 0.5) is 0 Å². The molecule has 112 valence electrons. The molecule has 0 aliphatic heterocycles. The van der Waals surface area contributed by atoms with Gasteiger partial charge in [-0.05, 0) is 57.8 Å². The summed E-state index contributed by atoms with van der Waals surface area (Å²) in [5.74, 6) is 0. The van der Waals surface area contributed by atoms with Crippen LogP contribution in [-0.2, 0) is 5.60 Å². The lowest BCUT2D eigenvalue weighted by atomic mass is 9.67. The smallest absolute Gasteiger partial charge is 0.108 e. The zero-order valence-electron chi connectivity index (χ0n) is 12.5. The number of aliphatic hydroxyl groups is 1. The third-order valence-electron chi connectivity index (χ3n) is 5.48. The summed E-state index contributed by atoms with van der Waals surface area (Å²) in [6.45, 7) is 4.16. The Morgan fingerprint density at radius 1 is 1.15 bits per heavy atom. The molecule has 1 aromatic heterocycles. The van der Waals surface area contributed by atoms with Crippen molar-refractivity contribution in [1.82, 2.24) is 9.78 Å². The molecule has 2 aliphatic rings. The summed E-state index contributed by atoms with van der Waals surface area (Å²) >= 11 is 6.32. The number of hydrogen-bond donors (Lipinski definition) is 1. The summed E-state index contributed by atoms with van der Waals surface area (Å²) in [7, 11) is 0. The van der Waals surface area contributed by atoms with Crippen LogP contribution in [0.25, 0.3) is 0 Å². The second-order valence-corrected chi connectivity index (χ2v) is 7.53. The number of rotatable bonds is 2. The van der Waals surface area contributed by atoms with Gasteiger partial charge in [0.1, 0.15) is 5.60 Å². The van der Waals surface area contributed by atoms with Gasteiger partial charge in [-0.25, -0.2) is 0 Å². The fourth-order valence-corrected chi connectivity index (χ4v) is 4.53. The van der Waals surface area contributed by atoms with Gasteiger partial charge in [-0.15, -0.1) is 0 Å². The topological polar surface area (TPSA) is 38.0 Å². The van der Waals surface area contributed by atoms with Gasteiger partial charge < -0.3 is 5.11 Å². The normalized spacial score (nSPS) is 24.6. The van der Waals surface area contributed by atoms with E-state index in [0.29, 0.717) is 10.4 Å². The van der Waals surface area contributed by atoms with Crippen LogP contribution in [0.3, 0.4) is 0 Å². The van der Waals surface area contributed by atoms with Crippen molar-refractivity contribution in [3.05, 3.63) is 16.9 Å². The minimum Gasteiger partial charge on any atom is -0.384 e. The van der Waals surface area contributed by atoms with Crippen LogP contribution in [0.2, 0.25) is 5.02 Å². The Labute approximate surface area is 126 Å². The first kappa shape index (κ1) is 14.4. The maximum Gasteiger partial charge on any atom is 0.108 e. The largest absolute Gasteiger partial charge is 0.384 e. The van der Waals surface area contributed by atoms with E-state index in [1.807, 2.05) is 4.68 Å². The van der Waals surface area contributed by atoms with Crippen LogP contribution in [0, 0.1) is 5.41 Å². The van der Waals surface area contributed by atoms with Gasteiger partial charge in [0, 0.05) is 6.04 Å². The molecule has 2 saturated carbocycles. The number of nitrogens with zero attached hydrogens (tertiary/aromatic N) is 2. The molecule has 3 rings (SSSR count). The van der Waals surface area contributed by atoms with Crippen molar-refractivity contribution in [2.24, 2.45) is 5.41 Å². The molecule has 0 atom stereocenters. The third kappa shape index (κ3) is 2.29. The second kappa shape index (κ2) is 5.03. The van der Waals surface area contributed by atoms with Crippen molar-refractivity contribution < 1.29 is 5.11 Å². The van der Waals surface area contributed by atoms with E-state index in [4.69, 9.17) is 11.6 Å². The molecule has 3 nitrogen and oxygen atoms in total. The van der Waals surface area contributed by atoms with E-state index in [1.165, 1.54) is 25.7 Å². The summed E-state index contributed by atoms with van der Waals surface area (Å²) in [6.07, 6.45) is 11.0. The molecule has 0 radical (unpaired) electrons. The molecule has 1 aromatic rings. The van der Waals surface area contributed by atoms with Gasteiger partial charge in [-0.1, -0.05) is 24.4 Å². The lowest BCUT2D eigenvalue weighted by Crippen LogP contribution is -2.38. The molecule has 0 aromatic carbocycles. The molecule has 2 fully saturated rings. The molecule has 0 saturated heterocycles. The standard InChI is InChI=1S/C16H25ClN2O/c1-12(2)19-14(13(17)11-18-19)16(20)9-7-15(8-10-16)5-3-4-6-15/h11-12,20H,3-10H2,1-2H3.